The maximum Gasteiger partial charge on any atom is 0.337 e. The normalized spacial score (nSPS) is 24.3. The van der Waals surface area contributed by atoms with Crippen molar-refractivity contribution in [1.82, 2.24) is 10.2 Å². The van der Waals surface area contributed by atoms with Crippen molar-refractivity contribution < 1.29 is 19.1 Å². The molecule has 1 N–H and O–H groups in total. The fourth-order valence-corrected chi connectivity index (χ4v) is 3.91. The Hall–Kier alpha value is -2.37. The second-order valence-electron chi connectivity index (χ2n) is 7.05. The summed E-state index contributed by atoms with van der Waals surface area (Å²) in [6.45, 7) is 1.99. The van der Waals surface area contributed by atoms with Crippen LogP contribution in [0.1, 0.15) is 54.9 Å². The topological polar surface area (TPSA) is 75.7 Å². The zero-order valence-electron chi connectivity index (χ0n) is 14.7. The van der Waals surface area contributed by atoms with Gasteiger partial charge in [0.05, 0.1) is 19.2 Å². The Morgan fingerprint density at radius 2 is 2.00 bits per heavy atom. The zero-order valence-corrected chi connectivity index (χ0v) is 14.7. The molecule has 0 spiro atoms. The van der Waals surface area contributed by atoms with E-state index >= 15 is 0 Å². The van der Waals surface area contributed by atoms with Crippen molar-refractivity contribution in [2.75, 3.05) is 7.11 Å². The molecular formula is C19H24N2O4. The first-order valence-corrected chi connectivity index (χ1v) is 8.77. The summed E-state index contributed by atoms with van der Waals surface area (Å²) in [7, 11) is 1.32. The van der Waals surface area contributed by atoms with Crippen LogP contribution in [0, 0.1) is 5.92 Å². The van der Waals surface area contributed by atoms with Gasteiger partial charge < -0.3 is 10.1 Å². The molecule has 3 rings (SSSR count). The van der Waals surface area contributed by atoms with Crippen LogP contribution in [-0.2, 0) is 16.1 Å². The molecule has 0 bridgehead atoms. The fraction of sp³-hybridized carbons (Fsp3) is 0.526. The highest BCUT2D eigenvalue weighted by Gasteiger charge is 2.52. The Kier molecular flexibility index (Phi) is 4.79. The molecule has 25 heavy (non-hydrogen) atoms. The monoisotopic (exact) mass is 344 g/mol. The first-order chi connectivity index (χ1) is 12.0. The lowest BCUT2D eigenvalue weighted by atomic mass is 9.75. The van der Waals surface area contributed by atoms with Crippen LogP contribution < -0.4 is 5.32 Å². The second kappa shape index (κ2) is 6.86. The molecule has 2 aliphatic rings. The van der Waals surface area contributed by atoms with Crippen LogP contribution in [0.5, 0.6) is 0 Å². The second-order valence-corrected chi connectivity index (χ2v) is 7.05. The fourth-order valence-electron chi connectivity index (χ4n) is 3.91. The van der Waals surface area contributed by atoms with Gasteiger partial charge in [-0.05, 0) is 43.4 Å². The number of ether oxygens (including phenoxy) is 1. The highest BCUT2D eigenvalue weighted by Crippen LogP contribution is 2.36. The van der Waals surface area contributed by atoms with Crippen LogP contribution in [-0.4, -0.2) is 35.5 Å². The molecule has 1 atom stereocenters. The predicted molar refractivity (Wildman–Crippen MR) is 91.8 cm³/mol. The van der Waals surface area contributed by atoms with Crippen molar-refractivity contribution in [1.29, 1.82) is 0 Å². The Morgan fingerprint density at radius 3 is 2.68 bits per heavy atom. The molecule has 1 aromatic rings. The molecule has 1 aliphatic heterocycles. The van der Waals surface area contributed by atoms with E-state index < -0.39 is 11.5 Å². The highest BCUT2D eigenvalue weighted by molar-refractivity contribution is 6.07. The standard InChI is InChI=1S/C19H24N2O4/c1-19(15-9-4-3-5-10-15)17(23)21(18(24)20-19)12-13-7-6-8-14(11-13)16(22)25-2/h6-8,11,15H,3-5,9-10,12H2,1-2H3,(H,20,24)/t19-/m0/s1. The lowest BCUT2D eigenvalue weighted by Crippen LogP contribution is -2.51. The first kappa shape index (κ1) is 17.5. The Bertz CT molecular complexity index is 696. The minimum atomic E-state index is -0.822. The first-order valence-electron chi connectivity index (χ1n) is 8.77. The molecule has 134 valence electrons. The van der Waals surface area contributed by atoms with Crippen LogP contribution in [0.4, 0.5) is 4.79 Å². The number of amides is 3. The van der Waals surface area contributed by atoms with Crippen molar-refractivity contribution in [3.8, 4) is 0 Å². The van der Waals surface area contributed by atoms with E-state index in [9.17, 15) is 14.4 Å². The number of hydrogen-bond donors (Lipinski definition) is 1. The van der Waals surface area contributed by atoms with Crippen molar-refractivity contribution in [3.05, 3.63) is 35.4 Å². The van der Waals surface area contributed by atoms with Gasteiger partial charge >= 0.3 is 12.0 Å². The zero-order chi connectivity index (χ0) is 18.0. The number of carbonyl (C=O) groups is 3. The van der Waals surface area contributed by atoms with Gasteiger partial charge in [0, 0.05) is 0 Å². The lowest BCUT2D eigenvalue weighted by molar-refractivity contribution is -0.133. The van der Waals surface area contributed by atoms with E-state index in [2.05, 4.69) is 5.32 Å². The number of nitrogens with one attached hydrogen (secondary N) is 1. The molecule has 1 heterocycles. The summed E-state index contributed by atoms with van der Waals surface area (Å²) >= 11 is 0. The maximum atomic E-state index is 13.0. The number of imide groups is 1. The van der Waals surface area contributed by atoms with Crippen molar-refractivity contribution in [2.45, 2.75) is 51.1 Å². The van der Waals surface area contributed by atoms with Crippen LogP contribution in [0.3, 0.4) is 0 Å². The third-order valence-electron chi connectivity index (χ3n) is 5.41. The Balaban J connectivity index is 1.78. The molecule has 1 aliphatic carbocycles. The third kappa shape index (κ3) is 3.25. The minimum absolute atomic E-state index is 0.151. The summed E-state index contributed by atoms with van der Waals surface area (Å²) in [5.41, 5.74) is 0.304. The summed E-state index contributed by atoms with van der Waals surface area (Å²) in [5, 5.41) is 2.91. The maximum absolute atomic E-state index is 13.0. The highest BCUT2D eigenvalue weighted by atomic mass is 16.5. The lowest BCUT2D eigenvalue weighted by Gasteiger charge is -2.34. The van der Waals surface area contributed by atoms with E-state index in [1.54, 1.807) is 24.3 Å². The molecule has 3 amide bonds. The van der Waals surface area contributed by atoms with Gasteiger partial charge in [0.1, 0.15) is 5.54 Å². The number of rotatable bonds is 4. The van der Waals surface area contributed by atoms with Crippen molar-refractivity contribution in [2.24, 2.45) is 5.92 Å². The minimum Gasteiger partial charge on any atom is -0.465 e. The SMILES string of the molecule is COC(=O)c1cccc(CN2C(=O)N[C@@](C)(C3CCCCC3)C2=O)c1. The van der Waals surface area contributed by atoms with E-state index in [1.807, 2.05) is 6.92 Å². The number of methoxy groups -OCH3 is 1. The molecule has 2 fully saturated rings. The summed E-state index contributed by atoms with van der Waals surface area (Å²) in [6, 6.07) is 6.46. The van der Waals surface area contributed by atoms with E-state index in [-0.39, 0.29) is 24.4 Å². The molecule has 0 unspecified atom stereocenters. The van der Waals surface area contributed by atoms with Crippen LogP contribution in [0.25, 0.3) is 0 Å². The Morgan fingerprint density at radius 1 is 1.28 bits per heavy atom. The van der Waals surface area contributed by atoms with Crippen LogP contribution in [0.15, 0.2) is 24.3 Å². The van der Waals surface area contributed by atoms with E-state index in [1.165, 1.54) is 18.4 Å². The molecular weight excluding hydrogens is 320 g/mol. The summed E-state index contributed by atoms with van der Waals surface area (Å²) < 4.78 is 4.72. The predicted octanol–water partition coefficient (Wildman–Crippen LogP) is 2.86. The largest absolute Gasteiger partial charge is 0.465 e. The number of carbonyl (C=O) groups excluding carboxylic acids is 3. The van der Waals surface area contributed by atoms with Gasteiger partial charge in [-0.2, -0.15) is 0 Å². The summed E-state index contributed by atoms with van der Waals surface area (Å²) in [6.07, 6.45) is 5.33. The van der Waals surface area contributed by atoms with Gasteiger partial charge in [0.25, 0.3) is 5.91 Å². The van der Waals surface area contributed by atoms with Crippen LogP contribution >= 0.6 is 0 Å². The number of urea groups is 1. The number of hydrogen-bond acceptors (Lipinski definition) is 4. The number of benzene rings is 1. The third-order valence-corrected chi connectivity index (χ3v) is 5.41. The average Bonchev–Trinajstić information content (AvgIpc) is 2.86. The van der Waals surface area contributed by atoms with Gasteiger partial charge in [0.2, 0.25) is 0 Å². The molecule has 0 radical (unpaired) electrons. The average molecular weight is 344 g/mol. The van der Waals surface area contributed by atoms with E-state index in [0.29, 0.717) is 5.56 Å². The van der Waals surface area contributed by atoms with Gasteiger partial charge in [-0.3, -0.25) is 9.69 Å². The molecule has 0 aromatic heterocycles. The molecule has 6 heteroatoms. The van der Waals surface area contributed by atoms with Crippen molar-refractivity contribution in [3.63, 3.8) is 0 Å². The Labute approximate surface area is 147 Å². The van der Waals surface area contributed by atoms with Crippen molar-refractivity contribution >= 4 is 17.9 Å². The molecule has 6 nitrogen and oxygen atoms in total. The summed E-state index contributed by atoms with van der Waals surface area (Å²) in [4.78, 5) is 38.3. The van der Waals surface area contributed by atoms with Gasteiger partial charge in [-0.15, -0.1) is 0 Å². The molecule has 1 saturated carbocycles. The molecule has 1 aromatic carbocycles. The van der Waals surface area contributed by atoms with E-state index in [4.69, 9.17) is 4.74 Å². The number of esters is 1. The summed E-state index contributed by atoms with van der Waals surface area (Å²) in [5.74, 6) is -0.428. The quantitative estimate of drug-likeness (QED) is 0.673. The van der Waals surface area contributed by atoms with Crippen LogP contribution in [0.2, 0.25) is 0 Å². The van der Waals surface area contributed by atoms with Gasteiger partial charge in [0.15, 0.2) is 0 Å². The smallest absolute Gasteiger partial charge is 0.337 e. The van der Waals surface area contributed by atoms with Gasteiger partial charge in [-0.25, -0.2) is 9.59 Å². The van der Waals surface area contributed by atoms with E-state index in [0.717, 1.165) is 31.2 Å². The van der Waals surface area contributed by atoms with Gasteiger partial charge in [-0.1, -0.05) is 31.4 Å². The number of nitrogens with zero attached hydrogens (tertiary/aromatic N) is 1. The molecule has 1 saturated heterocycles.